The first-order chi connectivity index (χ1) is 13.1. The lowest BCUT2D eigenvalue weighted by atomic mass is 10.1. The molecule has 0 unspecified atom stereocenters. The Bertz CT molecular complexity index is 890. The zero-order valence-electron chi connectivity index (χ0n) is 15.5. The minimum Gasteiger partial charge on any atom is -0.497 e. The molecule has 0 bridgehead atoms. The summed E-state index contributed by atoms with van der Waals surface area (Å²) in [5.41, 5.74) is 4.36. The summed E-state index contributed by atoms with van der Waals surface area (Å²) in [6, 6.07) is 19.3. The van der Waals surface area contributed by atoms with Gasteiger partial charge in [0.2, 0.25) is 0 Å². The molecule has 1 aromatic heterocycles. The third-order valence-corrected chi connectivity index (χ3v) is 4.17. The summed E-state index contributed by atoms with van der Waals surface area (Å²) >= 11 is 0. The van der Waals surface area contributed by atoms with Gasteiger partial charge in [0, 0.05) is 12.2 Å². The summed E-state index contributed by atoms with van der Waals surface area (Å²) in [4.78, 5) is 16.5. The quantitative estimate of drug-likeness (QED) is 0.658. The maximum absolute atomic E-state index is 12.3. The molecule has 0 aliphatic rings. The third-order valence-electron chi connectivity index (χ3n) is 4.17. The van der Waals surface area contributed by atoms with Crippen molar-refractivity contribution in [2.24, 2.45) is 0 Å². The number of rotatable bonds is 7. The lowest BCUT2D eigenvalue weighted by Gasteiger charge is -2.08. The van der Waals surface area contributed by atoms with Gasteiger partial charge in [0.15, 0.2) is 0 Å². The zero-order chi connectivity index (χ0) is 19.1. The van der Waals surface area contributed by atoms with Gasteiger partial charge in [0.05, 0.1) is 19.0 Å². The second-order valence-electron chi connectivity index (χ2n) is 6.28. The average Bonchev–Trinajstić information content (AvgIpc) is 2.69. The van der Waals surface area contributed by atoms with Crippen molar-refractivity contribution in [1.82, 2.24) is 4.98 Å². The Hall–Kier alpha value is -3.34. The molecular formula is C22H23N3O2. The van der Waals surface area contributed by atoms with E-state index in [4.69, 9.17) is 4.74 Å². The minimum absolute atomic E-state index is 0.217. The smallest absolute Gasteiger partial charge is 0.274 e. The Labute approximate surface area is 159 Å². The van der Waals surface area contributed by atoms with E-state index in [2.05, 4.69) is 27.8 Å². The Morgan fingerprint density at radius 3 is 2.52 bits per heavy atom. The maximum Gasteiger partial charge on any atom is 0.274 e. The molecule has 0 atom stereocenters. The van der Waals surface area contributed by atoms with Gasteiger partial charge >= 0.3 is 0 Å². The molecule has 0 radical (unpaired) electrons. The molecule has 138 valence electrons. The molecule has 27 heavy (non-hydrogen) atoms. The molecular weight excluding hydrogens is 338 g/mol. The predicted molar refractivity (Wildman–Crippen MR) is 109 cm³/mol. The first kappa shape index (κ1) is 18.5. The van der Waals surface area contributed by atoms with Crippen LogP contribution >= 0.6 is 0 Å². The second kappa shape index (κ2) is 8.85. The molecule has 0 saturated heterocycles. The van der Waals surface area contributed by atoms with Crippen LogP contribution < -0.4 is 15.4 Å². The van der Waals surface area contributed by atoms with E-state index in [1.165, 1.54) is 5.56 Å². The number of aryl methyl sites for hydroxylation is 1. The van der Waals surface area contributed by atoms with Gasteiger partial charge in [-0.2, -0.15) is 0 Å². The number of nitrogens with one attached hydrogen (secondary N) is 2. The molecule has 3 rings (SSSR count). The number of pyridine rings is 1. The highest BCUT2D eigenvalue weighted by Crippen LogP contribution is 2.14. The summed E-state index contributed by atoms with van der Waals surface area (Å²) in [6.45, 7) is 2.77. The van der Waals surface area contributed by atoms with E-state index >= 15 is 0 Å². The highest BCUT2D eigenvalue weighted by molar-refractivity contribution is 6.02. The molecule has 3 aromatic rings. The van der Waals surface area contributed by atoms with Gasteiger partial charge in [-0.15, -0.1) is 0 Å². The van der Waals surface area contributed by atoms with Crippen LogP contribution in [0.5, 0.6) is 5.75 Å². The van der Waals surface area contributed by atoms with Gasteiger partial charge in [-0.3, -0.25) is 4.79 Å². The van der Waals surface area contributed by atoms with Crippen LogP contribution in [0.3, 0.4) is 0 Å². The molecule has 1 heterocycles. The predicted octanol–water partition coefficient (Wildman–Crippen LogP) is 4.31. The number of amides is 1. The van der Waals surface area contributed by atoms with Crippen LogP contribution in [0.1, 0.15) is 21.6 Å². The van der Waals surface area contributed by atoms with Gasteiger partial charge in [0.25, 0.3) is 5.91 Å². The maximum atomic E-state index is 12.3. The van der Waals surface area contributed by atoms with Crippen molar-refractivity contribution in [3.8, 4) is 5.75 Å². The molecule has 0 fully saturated rings. The number of benzene rings is 2. The fourth-order valence-electron chi connectivity index (χ4n) is 2.69. The van der Waals surface area contributed by atoms with Crippen molar-refractivity contribution in [3.05, 3.63) is 83.7 Å². The van der Waals surface area contributed by atoms with Crippen LogP contribution in [0.15, 0.2) is 66.9 Å². The van der Waals surface area contributed by atoms with Gasteiger partial charge in [-0.1, -0.05) is 24.3 Å². The van der Waals surface area contributed by atoms with Crippen molar-refractivity contribution in [1.29, 1.82) is 0 Å². The van der Waals surface area contributed by atoms with Gasteiger partial charge in [-0.05, 0) is 60.9 Å². The largest absolute Gasteiger partial charge is 0.497 e. The molecule has 2 aromatic carbocycles. The average molecular weight is 361 g/mol. The number of methoxy groups -OCH3 is 1. The number of hydrogen-bond acceptors (Lipinski definition) is 4. The number of ether oxygens (including phenoxy) is 1. The number of anilines is 2. The number of hydrogen-bond donors (Lipinski definition) is 2. The standard InChI is InChI=1S/C22H23N3O2/c1-16-4-3-5-18(14-16)25-22(26)21-11-8-19(15-24-21)23-13-12-17-6-9-20(27-2)10-7-17/h3-11,14-15,23H,12-13H2,1-2H3,(H,25,26). The monoisotopic (exact) mass is 361 g/mol. The fraction of sp³-hybridized carbons (Fsp3) is 0.182. The van der Waals surface area contributed by atoms with Crippen molar-refractivity contribution < 1.29 is 9.53 Å². The molecule has 2 N–H and O–H groups in total. The topological polar surface area (TPSA) is 63.2 Å². The molecule has 5 nitrogen and oxygen atoms in total. The van der Waals surface area contributed by atoms with E-state index in [0.717, 1.165) is 35.7 Å². The lowest BCUT2D eigenvalue weighted by molar-refractivity contribution is 0.102. The molecule has 5 heteroatoms. The van der Waals surface area contributed by atoms with Crippen LogP contribution in [0.2, 0.25) is 0 Å². The second-order valence-corrected chi connectivity index (χ2v) is 6.28. The third kappa shape index (κ3) is 5.31. The molecule has 0 aliphatic carbocycles. The molecule has 1 amide bonds. The van der Waals surface area contributed by atoms with Crippen molar-refractivity contribution in [2.75, 3.05) is 24.3 Å². The summed E-state index contributed by atoms with van der Waals surface area (Å²) in [6.07, 6.45) is 2.57. The van der Waals surface area contributed by atoms with Gasteiger partial charge < -0.3 is 15.4 Å². The van der Waals surface area contributed by atoms with Crippen LogP contribution in [0.4, 0.5) is 11.4 Å². The summed E-state index contributed by atoms with van der Waals surface area (Å²) in [7, 11) is 1.66. The Morgan fingerprint density at radius 2 is 1.85 bits per heavy atom. The van der Waals surface area contributed by atoms with Crippen LogP contribution in [0, 0.1) is 6.92 Å². The first-order valence-electron chi connectivity index (χ1n) is 8.85. The number of aromatic nitrogens is 1. The van der Waals surface area contributed by atoms with E-state index in [1.807, 2.05) is 49.4 Å². The van der Waals surface area contributed by atoms with Crippen molar-refractivity contribution >= 4 is 17.3 Å². The minimum atomic E-state index is -0.217. The highest BCUT2D eigenvalue weighted by atomic mass is 16.5. The fourth-order valence-corrected chi connectivity index (χ4v) is 2.69. The Balaban J connectivity index is 1.51. The van der Waals surface area contributed by atoms with Crippen LogP contribution in [-0.2, 0) is 6.42 Å². The van der Waals surface area contributed by atoms with Crippen molar-refractivity contribution in [2.45, 2.75) is 13.3 Å². The SMILES string of the molecule is COc1ccc(CCNc2ccc(C(=O)Nc3cccc(C)c3)nc2)cc1. The number of carbonyl (C=O) groups is 1. The Morgan fingerprint density at radius 1 is 1.04 bits per heavy atom. The number of carbonyl (C=O) groups excluding carboxylic acids is 1. The van der Waals surface area contributed by atoms with E-state index < -0.39 is 0 Å². The van der Waals surface area contributed by atoms with Gasteiger partial charge in [0.1, 0.15) is 11.4 Å². The highest BCUT2D eigenvalue weighted by Gasteiger charge is 2.07. The number of nitrogens with zero attached hydrogens (tertiary/aromatic N) is 1. The molecule has 0 saturated carbocycles. The zero-order valence-corrected chi connectivity index (χ0v) is 15.5. The van der Waals surface area contributed by atoms with E-state index in [9.17, 15) is 4.79 Å². The van der Waals surface area contributed by atoms with E-state index in [0.29, 0.717) is 5.69 Å². The van der Waals surface area contributed by atoms with E-state index in [-0.39, 0.29) is 5.91 Å². The lowest BCUT2D eigenvalue weighted by Crippen LogP contribution is -2.14. The summed E-state index contributed by atoms with van der Waals surface area (Å²) in [5.74, 6) is 0.640. The summed E-state index contributed by atoms with van der Waals surface area (Å²) < 4.78 is 5.16. The molecule has 0 spiro atoms. The van der Waals surface area contributed by atoms with Crippen molar-refractivity contribution in [3.63, 3.8) is 0 Å². The normalized spacial score (nSPS) is 10.3. The van der Waals surface area contributed by atoms with Gasteiger partial charge in [-0.25, -0.2) is 4.98 Å². The molecule has 0 aliphatic heterocycles. The van der Waals surface area contributed by atoms with Crippen LogP contribution in [0.25, 0.3) is 0 Å². The summed E-state index contributed by atoms with van der Waals surface area (Å²) in [5, 5.41) is 6.18. The first-order valence-corrected chi connectivity index (χ1v) is 8.85. The van der Waals surface area contributed by atoms with Crippen LogP contribution in [-0.4, -0.2) is 24.5 Å². The Kier molecular flexibility index (Phi) is 6.05. The van der Waals surface area contributed by atoms with E-state index in [1.54, 1.807) is 19.4 Å².